The van der Waals surface area contributed by atoms with Crippen molar-refractivity contribution in [2.24, 2.45) is 0 Å². The molecular weight excluding hydrogens is 547 g/mol. The summed E-state index contributed by atoms with van der Waals surface area (Å²) in [5.74, 6) is -0.289. The highest BCUT2D eigenvalue weighted by Gasteiger charge is 2.02. The SMILES string of the molecule is Brc1ccc2[nH]ccc2c1.Brc1ccc2c(ccn2-c2cccnc2)c1.Fc1cccnc1. The van der Waals surface area contributed by atoms with Crippen molar-refractivity contribution in [1.29, 1.82) is 0 Å². The first kappa shape index (κ1) is 22.9. The zero-order valence-corrected chi connectivity index (χ0v) is 20.5. The number of H-pyrrole nitrogens is 1. The monoisotopic (exact) mass is 564 g/mol. The van der Waals surface area contributed by atoms with Crippen LogP contribution in [0.5, 0.6) is 0 Å². The third kappa shape index (κ3) is 6.15. The van der Waals surface area contributed by atoms with Gasteiger partial charge in [-0.15, -0.1) is 0 Å². The minimum atomic E-state index is -0.289. The molecule has 164 valence electrons. The van der Waals surface area contributed by atoms with E-state index in [1.807, 2.05) is 24.5 Å². The fourth-order valence-electron chi connectivity index (χ4n) is 3.20. The van der Waals surface area contributed by atoms with Crippen LogP contribution in [0, 0.1) is 5.82 Å². The highest BCUT2D eigenvalue weighted by Crippen LogP contribution is 2.23. The summed E-state index contributed by atoms with van der Waals surface area (Å²) < 4.78 is 16.2. The molecule has 0 spiro atoms. The van der Waals surface area contributed by atoms with Crippen LogP contribution in [-0.4, -0.2) is 19.5 Å². The highest BCUT2D eigenvalue weighted by atomic mass is 79.9. The average molecular weight is 566 g/mol. The van der Waals surface area contributed by atoms with Gasteiger partial charge in [-0.2, -0.15) is 0 Å². The molecule has 6 rings (SSSR count). The molecule has 4 nitrogen and oxygen atoms in total. The molecule has 2 aromatic carbocycles. The summed E-state index contributed by atoms with van der Waals surface area (Å²) in [5, 5.41) is 2.47. The van der Waals surface area contributed by atoms with Gasteiger partial charge in [-0.1, -0.05) is 31.9 Å². The number of aromatic amines is 1. The first-order chi connectivity index (χ1) is 16.1. The van der Waals surface area contributed by atoms with Crippen LogP contribution in [0.15, 0.2) is 119 Å². The van der Waals surface area contributed by atoms with E-state index in [1.165, 1.54) is 40.3 Å². The molecule has 4 aromatic heterocycles. The quantitative estimate of drug-likeness (QED) is 0.220. The van der Waals surface area contributed by atoms with Gasteiger partial charge in [-0.25, -0.2) is 4.39 Å². The van der Waals surface area contributed by atoms with Gasteiger partial charge in [0.1, 0.15) is 5.82 Å². The van der Waals surface area contributed by atoms with Gasteiger partial charge in [0.25, 0.3) is 0 Å². The fourth-order valence-corrected chi connectivity index (χ4v) is 3.96. The lowest BCUT2D eigenvalue weighted by Crippen LogP contribution is -1.91. The third-order valence-corrected chi connectivity index (χ3v) is 5.70. The van der Waals surface area contributed by atoms with Crippen LogP contribution in [0.3, 0.4) is 0 Å². The van der Waals surface area contributed by atoms with Gasteiger partial charge in [0.05, 0.1) is 23.6 Å². The van der Waals surface area contributed by atoms with Crippen molar-refractivity contribution in [2.75, 3.05) is 0 Å². The van der Waals surface area contributed by atoms with Gasteiger partial charge in [0, 0.05) is 50.0 Å². The standard InChI is InChI=1S/C13H9BrN2.C8H6BrN.C5H4FN/c14-11-3-4-13-10(8-11)5-7-16(13)12-2-1-6-15-9-12;9-7-1-2-8-6(5-7)3-4-10-8;6-5-2-1-3-7-4-5/h1-9H;1-5,10H;1-4H. The van der Waals surface area contributed by atoms with E-state index in [-0.39, 0.29) is 5.82 Å². The van der Waals surface area contributed by atoms with Gasteiger partial charge < -0.3 is 9.55 Å². The lowest BCUT2D eigenvalue weighted by Gasteiger charge is -2.04. The lowest BCUT2D eigenvalue weighted by molar-refractivity contribution is 0.621. The van der Waals surface area contributed by atoms with E-state index in [4.69, 9.17) is 0 Å². The number of pyridine rings is 2. The maximum Gasteiger partial charge on any atom is 0.141 e. The summed E-state index contributed by atoms with van der Waals surface area (Å²) in [6.07, 6.45) is 10.3. The zero-order chi connectivity index (χ0) is 23.0. The van der Waals surface area contributed by atoms with Gasteiger partial charge in [0.2, 0.25) is 0 Å². The number of hydrogen-bond donors (Lipinski definition) is 1. The fraction of sp³-hybridized carbons (Fsp3) is 0. The maximum atomic E-state index is 11.8. The Morgan fingerprint density at radius 3 is 2.15 bits per heavy atom. The molecule has 0 aliphatic rings. The number of nitrogens with zero attached hydrogens (tertiary/aromatic N) is 3. The molecule has 0 radical (unpaired) electrons. The molecule has 7 heteroatoms. The summed E-state index contributed by atoms with van der Waals surface area (Å²) in [5.41, 5.74) is 3.46. The first-order valence-corrected chi connectivity index (χ1v) is 11.6. The van der Waals surface area contributed by atoms with Crippen LogP contribution in [0.25, 0.3) is 27.5 Å². The van der Waals surface area contributed by atoms with Crippen LogP contribution in [-0.2, 0) is 0 Å². The van der Waals surface area contributed by atoms with Gasteiger partial charge in [-0.3, -0.25) is 9.97 Å². The van der Waals surface area contributed by atoms with Gasteiger partial charge in [0.15, 0.2) is 0 Å². The lowest BCUT2D eigenvalue weighted by atomic mass is 10.2. The molecule has 0 aliphatic carbocycles. The molecule has 0 saturated carbocycles. The second kappa shape index (κ2) is 11.0. The Bertz CT molecular complexity index is 1450. The molecule has 0 unspecified atom stereocenters. The van der Waals surface area contributed by atoms with E-state index in [2.05, 4.69) is 106 Å². The minimum Gasteiger partial charge on any atom is -0.361 e. The molecule has 33 heavy (non-hydrogen) atoms. The van der Waals surface area contributed by atoms with Crippen molar-refractivity contribution in [2.45, 2.75) is 0 Å². The van der Waals surface area contributed by atoms with Crippen molar-refractivity contribution in [1.82, 2.24) is 19.5 Å². The number of rotatable bonds is 1. The van der Waals surface area contributed by atoms with Crippen LogP contribution >= 0.6 is 31.9 Å². The van der Waals surface area contributed by atoms with E-state index < -0.39 is 0 Å². The van der Waals surface area contributed by atoms with Crippen LogP contribution < -0.4 is 0 Å². The Kier molecular flexibility index (Phi) is 7.65. The first-order valence-electron chi connectivity index (χ1n) is 10.1. The summed E-state index contributed by atoms with van der Waals surface area (Å²) in [4.78, 5) is 10.8. The molecule has 0 fully saturated rings. The molecule has 0 amide bonds. The summed E-state index contributed by atoms with van der Waals surface area (Å²) in [6.45, 7) is 0. The van der Waals surface area contributed by atoms with Crippen LogP contribution in [0.4, 0.5) is 4.39 Å². The molecular formula is C26H19Br2FN4. The maximum absolute atomic E-state index is 11.8. The van der Waals surface area contributed by atoms with E-state index in [0.29, 0.717) is 0 Å². The summed E-state index contributed by atoms with van der Waals surface area (Å²) >= 11 is 6.88. The second-order valence-electron chi connectivity index (χ2n) is 6.98. The Balaban J connectivity index is 0.000000130. The minimum absolute atomic E-state index is 0.289. The molecule has 1 N–H and O–H groups in total. The highest BCUT2D eigenvalue weighted by molar-refractivity contribution is 9.10. The molecule has 0 bridgehead atoms. The van der Waals surface area contributed by atoms with E-state index in [0.717, 1.165) is 14.6 Å². The van der Waals surface area contributed by atoms with Crippen LogP contribution in [0.1, 0.15) is 0 Å². The average Bonchev–Trinajstić information content (AvgIpc) is 3.47. The number of fused-ring (bicyclic) bond motifs is 2. The normalized spacial score (nSPS) is 10.3. The molecule has 0 saturated heterocycles. The summed E-state index contributed by atoms with van der Waals surface area (Å²) in [7, 11) is 0. The topological polar surface area (TPSA) is 46.5 Å². The van der Waals surface area contributed by atoms with Crippen molar-refractivity contribution in [3.63, 3.8) is 0 Å². The Morgan fingerprint density at radius 1 is 0.758 bits per heavy atom. The van der Waals surface area contributed by atoms with Gasteiger partial charge in [-0.05, 0) is 72.8 Å². The molecule has 4 heterocycles. The zero-order valence-electron chi connectivity index (χ0n) is 17.4. The Hall–Kier alpha value is -3.29. The van der Waals surface area contributed by atoms with Crippen LogP contribution in [0.2, 0.25) is 0 Å². The smallest absolute Gasteiger partial charge is 0.141 e. The predicted octanol–water partition coefficient (Wildman–Crippen LogP) is 7.94. The molecule has 6 aromatic rings. The van der Waals surface area contributed by atoms with E-state index in [9.17, 15) is 4.39 Å². The number of halogens is 3. The van der Waals surface area contributed by atoms with Gasteiger partial charge >= 0.3 is 0 Å². The Labute approximate surface area is 207 Å². The van der Waals surface area contributed by atoms with Crippen molar-refractivity contribution in [3.05, 3.63) is 125 Å². The van der Waals surface area contributed by atoms with Crippen molar-refractivity contribution in [3.8, 4) is 5.69 Å². The summed E-state index contributed by atoms with van der Waals surface area (Å²) in [6, 6.07) is 23.5. The van der Waals surface area contributed by atoms with Crippen molar-refractivity contribution < 1.29 is 4.39 Å². The Morgan fingerprint density at radius 2 is 1.48 bits per heavy atom. The molecule has 0 aliphatic heterocycles. The molecule has 0 atom stereocenters. The number of aromatic nitrogens is 4. The number of benzene rings is 2. The van der Waals surface area contributed by atoms with Crippen molar-refractivity contribution >= 4 is 53.7 Å². The largest absolute Gasteiger partial charge is 0.361 e. The number of nitrogens with one attached hydrogen (secondary N) is 1. The predicted molar refractivity (Wildman–Crippen MR) is 139 cm³/mol. The third-order valence-electron chi connectivity index (χ3n) is 4.72. The number of hydrogen-bond acceptors (Lipinski definition) is 2. The van der Waals surface area contributed by atoms with E-state index >= 15 is 0 Å². The van der Waals surface area contributed by atoms with E-state index in [1.54, 1.807) is 12.3 Å². The second-order valence-corrected chi connectivity index (χ2v) is 8.81.